The van der Waals surface area contributed by atoms with E-state index in [0.717, 1.165) is 44.1 Å². The molecule has 2 nitrogen and oxygen atoms in total. The third-order valence-corrected chi connectivity index (χ3v) is 10.4. The Kier molecular flexibility index (Phi) is 5.14. The molecular formula is C46H27NO. The van der Waals surface area contributed by atoms with Gasteiger partial charge in [-0.15, -0.1) is 0 Å². The molecule has 10 aromatic rings. The maximum absolute atomic E-state index is 6.40. The molecule has 0 fully saturated rings. The molecule has 0 atom stereocenters. The summed E-state index contributed by atoms with van der Waals surface area (Å²) in [7, 11) is 0. The van der Waals surface area contributed by atoms with Gasteiger partial charge in [-0.05, 0) is 79.5 Å². The number of para-hydroxylation sites is 3. The highest BCUT2D eigenvalue weighted by atomic mass is 16.3. The standard InChI is InChI=1S/C46H27NO/c1-2-12-34-33(11-1)37-17-8-16-36-30(22-23-38(34)44(36)37)27-9-5-10-28(25-27)31-14-6-18-39-41-26-29(21-24-42(41)47-45(31)39)32-15-7-19-40-35-13-3-4-20-43(35)48-46(32)40/h1-26,47H. The summed E-state index contributed by atoms with van der Waals surface area (Å²) in [5, 5.41) is 7.38. The first-order valence-corrected chi connectivity index (χ1v) is 16.5. The first-order chi connectivity index (χ1) is 23.8. The van der Waals surface area contributed by atoms with E-state index in [-0.39, 0.29) is 0 Å². The van der Waals surface area contributed by atoms with Crippen LogP contribution in [0.15, 0.2) is 162 Å². The predicted molar refractivity (Wildman–Crippen MR) is 201 cm³/mol. The molecular weight excluding hydrogens is 583 g/mol. The molecule has 1 aliphatic rings. The number of benzene rings is 8. The summed E-state index contributed by atoms with van der Waals surface area (Å²) in [5.74, 6) is 0. The third kappa shape index (κ3) is 3.52. The van der Waals surface area contributed by atoms with Crippen LogP contribution in [0.3, 0.4) is 0 Å². The van der Waals surface area contributed by atoms with Gasteiger partial charge in [-0.3, -0.25) is 0 Å². The van der Waals surface area contributed by atoms with Crippen LogP contribution in [0.5, 0.6) is 0 Å². The van der Waals surface area contributed by atoms with Gasteiger partial charge in [0.15, 0.2) is 0 Å². The molecule has 0 unspecified atom stereocenters. The Hall–Kier alpha value is -6.38. The van der Waals surface area contributed by atoms with E-state index in [4.69, 9.17) is 4.42 Å². The van der Waals surface area contributed by atoms with Crippen LogP contribution in [-0.2, 0) is 0 Å². The molecule has 2 heteroatoms. The van der Waals surface area contributed by atoms with Crippen molar-refractivity contribution < 1.29 is 4.42 Å². The lowest BCUT2D eigenvalue weighted by molar-refractivity contribution is 0.670. The zero-order valence-corrected chi connectivity index (χ0v) is 25.9. The zero-order valence-electron chi connectivity index (χ0n) is 25.9. The summed E-state index contributed by atoms with van der Waals surface area (Å²) < 4.78 is 6.40. The van der Waals surface area contributed by atoms with E-state index in [0.29, 0.717) is 0 Å². The summed E-state index contributed by atoms with van der Waals surface area (Å²) in [5.41, 5.74) is 16.6. The topological polar surface area (TPSA) is 28.9 Å². The van der Waals surface area contributed by atoms with Crippen molar-refractivity contribution in [1.29, 1.82) is 0 Å². The monoisotopic (exact) mass is 609 g/mol. The van der Waals surface area contributed by atoms with E-state index in [9.17, 15) is 0 Å². The van der Waals surface area contributed by atoms with Crippen LogP contribution in [0.25, 0.3) is 110 Å². The fourth-order valence-corrected chi connectivity index (χ4v) is 8.22. The van der Waals surface area contributed by atoms with Crippen molar-refractivity contribution in [2.45, 2.75) is 0 Å². The van der Waals surface area contributed by atoms with Gasteiger partial charge in [-0.25, -0.2) is 0 Å². The quantitative estimate of drug-likeness (QED) is 0.212. The van der Waals surface area contributed by atoms with E-state index in [1.807, 2.05) is 12.1 Å². The minimum atomic E-state index is 0.919. The van der Waals surface area contributed by atoms with Crippen molar-refractivity contribution in [3.05, 3.63) is 158 Å². The number of hydrogen-bond donors (Lipinski definition) is 1. The van der Waals surface area contributed by atoms with Crippen LogP contribution in [-0.4, -0.2) is 4.98 Å². The smallest absolute Gasteiger partial charge is 0.143 e. The number of furan rings is 1. The molecule has 1 aliphatic carbocycles. The maximum atomic E-state index is 6.40. The molecule has 0 saturated heterocycles. The Morgan fingerprint density at radius 3 is 1.83 bits per heavy atom. The lowest BCUT2D eigenvalue weighted by Crippen LogP contribution is -1.86. The molecule has 11 rings (SSSR count). The molecule has 222 valence electrons. The SMILES string of the molecule is c1cc(-c2ccc3c4c(cccc24)-c2ccccc2-3)cc(-c2cccc3c2[nH]c2ccc(-c4cccc5c4oc4ccccc45)cc23)c1. The molecule has 0 bridgehead atoms. The van der Waals surface area contributed by atoms with Gasteiger partial charge in [-0.1, -0.05) is 133 Å². The largest absolute Gasteiger partial charge is 0.455 e. The van der Waals surface area contributed by atoms with Crippen LogP contribution >= 0.6 is 0 Å². The Labute approximate surface area is 276 Å². The molecule has 8 aromatic carbocycles. The third-order valence-electron chi connectivity index (χ3n) is 10.4. The van der Waals surface area contributed by atoms with Crippen LogP contribution in [0.2, 0.25) is 0 Å². The van der Waals surface area contributed by atoms with Gasteiger partial charge in [0.1, 0.15) is 11.2 Å². The highest BCUT2D eigenvalue weighted by molar-refractivity contribution is 6.19. The van der Waals surface area contributed by atoms with Crippen molar-refractivity contribution in [2.75, 3.05) is 0 Å². The van der Waals surface area contributed by atoms with E-state index >= 15 is 0 Å². The van der Waals surface area contributed by atoms with Gasteiger partial charge in [0.05, 0.1) is 5.52 Å². The average Bonchev–Trinajstić information content (AvgIpc) is 3.82. The van der Waals surface area contributed by atoms with Crippen LogP contribution < -0.4 is 0 Å². The second kappa shape index (κ2) is 9.57. The second-order valence-electron chi connectivity index (χ2n) is 12.9. The van der Waals surface area contributed by atoms with E-state index in [1.54, 1.807) is 0 Å². The van der Waals surface area contributed by atoms with Gasteiger partial charge in [0.25, 0.3) is 0 Å². The second-order valence-corrected chi connectivity index (χ2v) is 12.9. The van der Waals surface area contributed by atoms with Crippen LogP contribution in [0.4, 0.5) is 0 Å². The predicted octanol–water partition coefficient (Wildman–Crippen LogP) is 13.0. The number of aromatic amines is 1. The normalized spacial score (nSPS) is 12.2. The number of aromatic nitrogens is 1. The van der Waals surface area contributed by atoms with Crippen molar-refractivity contribution in [3.8, 4) is 55.6 Å². The van der Waals surface area contributed by atoms with Crippen molar-refractivity contribution in [3.63, 3.8) is 0 Å². The number of hydrogen-bond acceptors (Lipinski definition) is 1. The number of rotatable bonds is 3. The lowest BCUT2D eigenvalue weighted by Gasteiger charge is -2.12. The fraction of sp³-hybridized carbons (Fsp3) is 0. The molecule has 2 heterocycles. The number of nitrogens with one attached hydrogen (secondary N) is 1. The van der Waals surface area contributed by atoms with Gasteiger partial charge in [0.2, 0.25) is 0 Å². The van der Waals surface area contributed by atoms with Crippen LogP contribution in [0, 0.1) is 0 Å². The minimum absolute atomic E-state index is 0.919. The zero-order chi connectivity index (χ0) is 31.3. The highest BCUT2D eigenvalue weighted by Crippen LogP contribution is 2.49. The van der Waals surface area contributed by atoms with Crippen molar-refractivity contribution in [2.24, 2.45) is 0 Å². The van der Waals surface area contributed by atoms with Gasteiger partial charge >= 0.3 is 0 Å². The molecule has 2 aromatic heterocycles. The Morgan fingerprint density at radius 2 is 0.958 bits per heavy atom. The number of fused-ring (bicyclic) bond motifs is 9. The summed E-state index contributed by atoms with van der Waals surface area (Å²) in [6.45, 7) is 0. The molecule has 1 N–H and O–H groups in total. The summed E-state index contributed by atoms with van der Waals surface area (Å²) in [6, 6.07) is 57.2. The first-order valence-electron chi connectivity index (χ1n) is 16.5. The minimum Gasteiger partial charge on any atom is -0.455 e. The van der Waals surface area contributed by atoms with Gasteiger partial charge in [0, 0.05) is 38.2 Å². The molecule has 48 heavy (non-hydrogen) atoms. The molecule has 0 radical (unpaired) electrons. The molecule has 0 saturated carbocycles. The summed E-state index contributed by atoms with van der Waals surface area (Å²) in [6.07, 6.45) is 0. The van der Waals surface area contributed by atoms with Gasteiger partial charge in [-0.2, -0.15) is 0 Å². The van der Waals surface area contributed by atoms with E-state index in [2.05, 4.69) is 151 Å². The summed E-state index contributed by atoms with van der Waals surface area (Å²) in [4.78, 5) is 3.78. The molecule has 0 amide bonds. The summed E-state index contributed by atoms with van der Waals surface area (Å²) >= 11 is 0. The maximum Gasteiger partial charge on any atom is 0.143 e. The average molecular weight is 610 g/mol. The van der Waals surface area contributed by atoms with E-state index in [1.165, 1.54) is 66.1 Å². The lowest BCUT2D eigenvalue weighted by atomic mass is 9.92. The molecule has 0 aliphatic heterocycles. The fourth-order valence-electron chi connectivity index (χ4n) is 8.22. The Balaban J connectivity index is 1.05. The molecule has 0 spiro atoms. The number of H-pyrrole nitrogens is 1. The van der Waals surface area contributed by atoms with E-state index < -0.39 is 0 Å². The highest BCUT2D eigenvalue weighted by Gasteiger charge is 2.22. The van der Waals surface area contributed by atoms with Gasteiger partial charge < -0.3 is 9.40 Å². The first kappa shape index (κ1) is 25.8. The van der Waals surface area contributed by atoms with Crippen LogP contribution in [0.1, 0.15) is 0 Å². The Bertz CT molecular complexity index is 2930. The van der Waals surface area contributed by atoms with Crippen molar-refractivity contribution in [1.82, 2.24) is 4.98 Å². The van der Waals surface area contributed by atoms with Crippen molar-refractivity contribution >= 4 is 54.5 Å². The Morgan fingerprint density at radius 1 is 0.354 bits per heavy atom.